The number of ether oxygens (including phenoxy) is 1. The Labute approximate surface area is 185 Å². The van der Waals surface area contributed by atoms with Crippen LogP contribution in [0.2, 0.25) is 10.0 Å². The van der Waals surface area contributed by atoms with Crippen LogP contribution in [0.15, 0.2) is 36.8 Å². The van der Waals surface area contributed by atoms with Gasteiger partial charge in [0.15, 0.2) is 0 Å². The maximum absolute atomic E-state index is 11.9. The van der Waals surface area contributed by atoms with Gasteiger partial charge >= 0.3 is 5.97 Å². The van der Waals surface area contributed by atoms with Crippen molar-refractivity contribution in [3.63, 3.8) is 0 Å². The number of nitrogens with zero attached hydrogens (tertiary/aromatic N) is 3. The van der Waals surface area contributed by atoms with Crippen molar-refractivity contribution >= 4 is 29.2 Å². The third-order valence-corrected chi connectivity index (χ3v) is 5.08. The zero-order valence-electron chi connectivity index (χ0n) is 16.8. The summed E-state index contributed by atoms with van der Waals surface area (Å²) in [6, 6.07) is 7.15. The summed E-state index contributed by atoms with van der Waals surface area (Å²) in [6.07, 6.45) is 4.77. The molecule has 5 nitrogen and oxygen atoms in total. The van der Waals surface area contributed by atoms with Crippen LogP contribution in [0.1, 0.15) is 46.7 Å². The van der Waals surface area contributed by atoms with E-state index in [1.54, 1.807) is 18.3 Å². The van der Waals surface area contributed by atoms with E-state index in [9.17, 15) is 4.79 Å². The summed E-state index contributed by atoms with van der Waals surface area (Å²) in [5.74, 6) is 5.71. The molecule has 2 heterocycles. The van der Waals surface area contributed by atoms with Crippen molar-refractivity contribution < 1.29 is 9.53 Å². The zero-order chi connectivity index (χ0) is 21.7. The van der Waals surface area contributed by atoms with E-state index in [1.165, 1.54) is 13.4 Å². The van der Waals surface area contributed by atoms with Crippen LogP contribution in [0.4, 0.5) is 0 Å². The summed E-state index contributed by atoms with van der Waals surface area (Å²) in [4.78, 5) is 25.1. The number of hydrogen-bond acceptors (Lipinski definition) is 5. The Kier molecular flexibility index (Phi) is 7.04. The van der Waals surface area contributed by atoms with E-state index in [0.717, 1.165) is 23.4 Å². The van der Waals surface area contributed by atoms with Gasteiger partial charge in [0.25, 0.3) is 0 Å². The highest BCUT2D eigenvalue weighted by molar-refractivity contribution is 6.39. The van der Waals surface area contributed by atoms with Crippen LogP contribution < -0.4 is 0 Å². The van der Waals surface area contributed by atoms with E-state index in [1.807, 2.05) is 19.1 Å². The lowest BCUT2D eigenvalue weighted by atomic mass is 10.0. The molecule has 0 aliphatic heterocycles. The lowest BCUT2D eigenvalue weighted by molar-refractivity contribution is 0.0601. The quantitative estimate of drug-likeness (QED) is 0.415. The third-order valence-electron chi connectivity index (χ3n) is 4.48. The summed E-state index contributed by atoms with van der Waals surface area (Å²) >= 11 is 12.6. The Morgan fingerprint density at radius 2 is 1.77 bits per heavy atom. The third kappa shape index (κ3) is 4.62. The number of aromatic nitrogens is 3. The molecule has 0 amide bonds. The first kappa shape index (κ1) is 21.8. The van der Waals surface area contributed by atoms with Crippen LogP contribution >= 0.6 is 23.2 Å². The Morgan fingerprint density at radius 1 is 1.03 bits per heavy atom. The van der Waals surface area contributed by atoms with Crippen LogP contribution in [0, 0.1) is 11.8 Å². The van der Waals surface area contributed by atoms with Crippen LogP contribution in [-0.4, -0.2) is 28.0 Å². The number of pyridine rings is 1. The van der Waals surface area contributed by atoms with E-state index in [4.69, 9.17) is 27.9 Å². The second-order valence-corrected chi connectivity index (χ2v) is 7.16. The van der Waals surface area contributed by atoms with Gasteiger partial charge in [-0.2, -0.15) is 0 Å². The first-order valence-electron chi connectivity index (χ1n) is 9.37. The van der Waals surface area contributed by atoms with E-state index in [0.29, 0.717) is 23.2 Å². The standard InChI is InChI=1S/C23H19Cl2N3O2/c1-4-16-8-6-14(12-26-16)7-9-17-20(5-2)27-13-28-22(17)15-10-18(24)21(19(25)11-15)23(29)30-3/h6,8,10-13H,4-5H2,1-3H3. The van der Waals surface area contributed by atoms with Gasteiger partial charge in [-0.25, -0.2) is 14.8 Å². The predicted octanol–water partition coefficient (Wildman–Crippen LogP) is 5.16. The second kappa shape index (κ2) is 9.71. The molecule has 0 spiro atoms. The highest BCUT2D eigenvalue weighted by Gasteiger charge is 2.19. The van der Waals surface area contributed by atoms with Crippen molar-refractivity contribution in [1.29, 1.82) is 0 Å². The molecular formula is C23H19Cl2N3O2. The van der Waals surface area contributed by atoms with Gasteiger partial charge in [0.1, 0.15) is 6.33 Å². The molecule has 0 N–H and O–H groups in total. The number of methoxy groups -OCH3 is 1. The molecule has 7 heteroatoms. The molecule has 0 bridgehead atoms. The monoisotopic (exact) mass is 439 g/mol. The van der Waals surface area contributed by atoms with Crippen LogP contribution in [-0.2, 0) is 17.6 Å². The zero-order valence-corrected chi connectivity index (χ0v) is 18.3. The molecule has 0 aliphatic carbocycles. The molecule has 3 aromatic rings. The number of hydrogen-bond donors (Lipinski definition) is 0. The Morgan fingerprint density at radius 3 is 2.33 bits per heavy atom. The van der Waals surface area contributed by atoms with Gasteiger partial charge in [0, 0.05) is 23.0 Å². The molecule has 1 aromatic carbocycles. The number of rotatable bonds is 4. The topological polar surface area (TPSA) is 65.0 Å². The van der Waals surface area contributed by atoms with Crippen molar-refractivity contribution in [2.75, 3.05) is 7.11 Å². The fourth-order valence-corrected chi connectivity index (χ4v) is 3.53. The number of carbonyl (C=O) groups is 1. The average Bonchev–Trinajstić information content (AvgIpc) is 2.77. The van der Waals surface area contributed by atoms with Gasteiger partial charge in [0.2, 0.25) is 0 Å². The highest BCUT2D eigenvalue weighted by Crippen LogP contribution is 2.33. The molecule has 0 fully saturated rings. The number of aryl methyl sites for hydroxylation is 2. The minimum atomic E-state index is -0.600. The van der Waals surface area contributed by atoms with Crippen LogP contribution in [0.25, 0.3) is 11.3 Å². The molecule has 0 unspecified atom stereocenters. The van der Waals surface area contributed by atoms with Gasteiger partial charge in [-0.3, -0.25) is 4.98 Å². The minimum absolute atomic E-state index is 0.115. The minimum Gasteiger partial charge on any atom is -0.465 e. The molecule has 0 radical (unpaired) electrons. The van der Waals surface area contributed by atoms with E-state index < -0.39 is 5.97 Å². The number of carbonyl (C=O) groups excluding carboxylic acids is 1. The first-order valence-corrected chi connectivity index (χ1v) is 10.1. The number of halogens is 2. The van der Waals surface area contributed by atoms with Crippen molar-refractivity contribution in [3.05, 3.63) is 74.9 Å². The van der Waals surface area contributed by atoms with Crippen LogP contribution in [0.5, 0.6) is 0 Å². The normalized spacial score (nSPS) is 10.3. The van der Waals surface area contributed by atoms with Crippen LogP contribution in [0.3, 0.4) is 0 Å². The summed E-state index contributed by atoms with van der Waals surface area (Å²) in [6.45, 7) is 4.05. The Bertz CT molecular complexity index is 1130. The molecule has 152 valence electrons. The van der Waals surface area contributed by atoms with Gasteiger partial charge in [0.05, 0.1) is 39.7 Å². The molecule has 3 rings (SSSR count). The lowest BCUT2D eigenvalue weighted by Gasteiger charge is -2.11. The summed E-state index contributed by atoms with van der Waals surface area (Å²) in [5.41, 5.74) is 4.62. The largest absolute Gasteiger partial charge is 0.465 e. The van der Waals surface area contributed by atoms with E-state index in [-0.39, 0.29) is 15.6 Å². The predicted molar refractivity (Wildman–Crippen MR) is 118 cm³/mol. The Balaban J connectivity index is 2.11. The maximum Gasteiger partial charge on any atom is 0.340 e. The second-order valence-electron chi connectivity index (χ2n) is 6.35. The number of benzene rings is 1. The van der Waals surface area contributed by atoms with Crippen molar-refractivity contribution in [1.82, 2.24) is 15.0 Å². The molecule has 30 heavy (non-hydrogen) atoms. The maximum atomic E-state index is 11.9. The van der Waals surface area contributed by atoms with Gasteiger partial charge in [-0.15, -0.1) is 0 Å². The summed E-state index contributed by atoms with van der Waals surface area (Å²) in [5, 5.41) is 0.360. The van der Waals surface area contributed by atoms with Crippen molar-refractivity contribution in [3.8, 4) is 23.1 Å². The molecule has 0 saturated heterocycles. The van der Waals surface area contributed by atoms with Gasteiger partial charge in [-0.1, -0.05) is 48.9 Å². The van der Waals surface area contributed by atoms with Crippen molar-refractivity contribution in [2.45, 2.75) is 26.7 Å². The van der Waals surface area contributed by atoms with Gasteiger partial charge < -0.3 is 4.74 Å². The molecule has 0 atom stereocenters. The Hall–Kier alpha value is -2.94. The lowest BCUT2D eigenvalue weighted by Crippen LogP contribution is -2.04. The number of esters is 1. The highest BCUT2D eigenvalue weighted by atomic mass is 35.5. The average molecular weight is 440 g/mol. The molecule has 2 aromatic heterocycles. The fourth-order valence-electron chi connectivity index (χ4n) is 2.89. The smallest absolute Gasteiger partial charge is 0.340 e. The fraction of sp³-hybridized carbons (Fsp3) is 0.217. The summed E-state index contributed by atoms with van der Waals surface area (Å²) in [7, 11) is 1.27. The van der Waals surface area contributed by atoms with Crippen molar-refractivity contribution in [2.24, 2.45) is 0 Å². The SMILES string of the molecule is CCc1ccc(C#Cc2c(CC)ncnc2-c2cc(Cl)c(C(=O)OC)c(Cl)c2)cn1. The van der Waals surface area contributed by atoms with Gasteiger partial charge in [-0.05, 0) is 37.1 Å². The summed E-state index contributed by atoms with van der Waals surface area (Å²) < 4.78 is 4.75. The first-order chi connectivity index (χ1) is 14.5. The molecule has 0 aliphatic rings. The molecular weight excluding hydrogens is 421 g/mol. The van der Waals surface area contributed by atoms with E-state index in [2.05, 4.69) is 33.7 Å². The molecule has 0 saturated carbocycles. The van der Waals surface area contributed by atoms with E-state index >= 15 is 0 Å².